The molecule has 126 valence electrons. The van der Waals surface area contributed by atoms with E-state index in [-0.39, 0.29) is 6.04 Å². The molecule has 0 saturated carbocycles. The summed E-state index contributed by atoms with van der Waals surface area (Å²) in [5.74, 6) is 6.52. The normalized spacial score (nSPS) is 11.8. The number of benzene rings is 2. The van der Waals surface area contributed by atoms with Gasteiger partial charge in [0.2, 0.25) is 0 Å². The molecule has 2 aromatic rings. The fourth-order valence-electron chi connectivity index (χ4n) is 2.64. The van der Waals surface area contributed by atoms with Gasteiger partial charge in [-0.25, -0.2) is 0 Å². The maximum absolute atomic E-state index is 10.6. The van der Waals surface area contributed by atoms with E-state index >= 15 is 0 Å². The first-order valence-electron chi connectivity index (χ1n) is 8.84. The lowest BCUT2D eigenvalue weighted by molar-refractivity contribution is -0.121. The quantitative estimate of drug-likeness (QED) is 0.389. The molecule has 2 nitrogen and oxygen atoms in total. The second kappa shape index (κ2) is 10.6. The first-order valence-corrected chi connectivity index (χ1v) is 8.84. The third-order valence-electron chi connectivity index (χ3n) is 3.99. The van der Waals surface area contributed by atoms with Crippen molar-refractivity contribution in [1.82, 2.24) is 5.06 Å². The lowest BCUT2D eigenvalue weighted by atomic mass is 10.1. The van der Waals surface area contributed by atoms with Crippen molar-refractivity contribution in [3.05, 3.63) is 71.8 Å². The molecule has 1 N–H and O–H groups in total. The zero-order chi connectivity index (χ0) is 17.0. The molecule has 0 heterocycles. The van der Waals surface area contributed by atoms with E-state index in [1.54, 1.807) is 0 Å². The van der Waals surface area contributed by atoms with Crippen LogP contribution in [-0.4, -0.2) is 10.3 Å². The molecular formula is C22H27NO. The number of hydrogen-bond acceptors (Lipinski definition) is 2. The van der Waals surface area contributed by atoms with Gasteiger partial charge in [-0.05, 0) is 17.5 Å². The molecule has 0 saturated heterocycles. The highest BCUT2D eigenvalue weighted by Gasteiger charge is 2.16. The molecule has 2 aromatic carbocycles. The molecule has 2 rings (SSSR count). The van der Waals surface area contributed by atoms with Gasteiger partial charge in [0.25, 0.3) is 0 Å². The Morgan fingerprint density at radius 3 is 2.25 bits per heavy atom. The van der Waals surface area contributed by atoms with Crippen molar-refractivity contribution < 1.29 is 5.21 Å². The van der Waals surface area contributed by atoms with Gasteiger partial charge in [-0.1, -0.05) is 92.8 Å². The summed E-state index contributed by atoms with van der Waals surface area (Å²) in [5.41, 5.74) is 2.10. The molecule has 24 heavy (non-hydrogen) atoms. The van der Waals surface area contributed by atoms with Crippen LogP contribution < -0.4 is 0 Å². The van der Waals surface area contributed by atoms with E-state index in [2.05, 4.69) is 18.8 Å². The molecule has 0 aromatic heterocycles. The molecular weight excluding hydrogens is 294 g/mol. The summed E-state index contributed by atoms with van der Waals surface area (Å²) in [7, 11) is 0. The minimum absolute atomic E-state index is 0.294. The Morgan fingerprint density at radius 1 is 0.917 bits per heavy atom. The van der Waals surface area contributed by atoms with E-state index in [0.29, 0.717) is 6.54 Å². The Bertz CT molecular complexity index is 627. The van der Waals surface area contributed by atoms with Gasteiger partial charge in [0.15, 0.2) is 0 Å². The molecule has 2 heteroatoms. The average Bonchev–Trinajstić information content (AvgIpc) is 2.62. The Kier molecular flexibility index (Phi) is 8.10. The predicted molar refractivity (Wildman–Crippen MR) is 99.5 cm³/mol. The van der Waals surface area contributed by atoms with Crippen LogP contribution in [0.4, 0.5) is 0 Å². The van der Waals surface area contributed by atoms with E-state index in [0.717, 1.165) is 24.0 Å². The van der Waals surface area contributed by atoms with Crippen LogP contribution in [0.15, 0.2) is 60.7 Å². The van der Waals surface area contributed by atoms with E-state index < -0.39 is 0 Å². The summed E-state index contributed by atoms with van der Waals surface area (Å²) in [6.45, 7) is 2.68. The van der Waals surface area contributed by atoms with Crippen LogP contribution in [0.1, 0.15) is 56.2 Å². The SMILES string of the molecule is CCCCCCC#CC(c1ccccc1)N(O)Cc1ccccc1. The number of unbranched alkanes of at least 4 members (excludes halogenated alkanes) is 4. The van der Waals surface area contributed by atoms with Gasteiger partial charge in [-0.2, -0.15) is 5.06 Å². The maximum atomic E-state index is 10.6. The van der Waals surface area contributed by atoms with Crippen molar-refractivity contribution in [3.8, 4) is 11.8 Å². The minimum Gasteiger partial charge on any atom is -0.312 e. The number of hydrogen-bond donors (Lipinski definition) is 1. The summed E-state index contributed by atoms with van der Waals surface area (Å²) < 4.78 is 0. The highest BCUT2D eigenvalue weighted by molar-refractivity contribution is 5.27. The van der Waals surface area contributed by atoms with Crippen LogP contribution >= 0.6 is 0 Å². The Balaban J connectivity index is 2.04. The fourth-order valence-corrected chi connectivity index (χ4v) is 2.64. The van der Waals surface area contributed by atoms with E-state index in [9.17, 15) is 5.21 Å². The highest BCUT2D eigenvalue weighted by atomic mass is 16.5. The van der Waals surface area contributed by atoms with Gasteiger partial charge >= 0.3 is 0 Å². The van der Waals surface area contributed by atoms with Crippen LogP contribution in [0.2, 0.25) is 0 Å². The first kappa shape index (κ1) is 18.3. The molecule has 0 aliphatic carbocycles. The molecule has 0 spiro atoms. The van der Waals surface area contributed by atoms with Gasteiger partial charge in [0, 0.05) is 6.42 Å². The van der Waals surface area contributed by atoms with Crippen molar-refractivity contribution in [2.45, 2.75) is 51.6 Å². The third kappa shape index (κ3) is 6.20. The molecule has 1 unspecified atom stereocenters. The summed E-state index contributed by atoms with van der Waals surface area (Å²) in [6, 6.07) is 19.7. The molecule has 0 fully saturated rings. The zero-order valence-electron chi connectivity index (χ0n) is 14.5. The Morgan fingerprint density at radius 2 is 1.58 bits per heavy atom. The number of nitrogens with zero attached hydrogens (tertiary/aromatic N) is 1. The maximum Gasteiger partial charge on any atom is 0.121 e. The molecule has 0 bridgehead atoms. The van der Waals surface area contributed by atoms with E-state index in [4.69, 9.17) is 0 Å². The summed E-state index contributed by atoms with van der Waals surface area (Å²) in [6.07, 6.45) is 5.76. The highest BCUT2D eigenvalue weighted by Crippen LogP contribution is 2.20. The van der Waals surface area contributed by atoms with Crippen LogP contribution in [0.3, 0.4) is 0 Å². The largest absolute Gasteiger partial charge is 0.312 e. The summed E-state index contributed by atoms with van der Waals surface area (Å²) in [4.78, 5) is 0. The minimum atomic E-state index is -0.294. The van der Waals surface area contributed by atoms with Crippen LogP contribution in [0.5, 0.6) is 0 Å². The van der Waals surface area contributed by atoms with Crippen LogP contribution in [0.25, 0.3) is 0 Å². The van der Waals surface area contributed by atoms with Crippen LogP contribution in [-0.2, 0) is 6.54 Å². The second-order valence-electron chi connectivity index (χ2n) is 6.03. The lowest BCUT2D eigenvalue weighted by Gasteiger charge is -2.22. The van der Waals surface area contributed by atoms with Gasteiger partial charge in [-0.3, -0.25) is 0 Å². The summed E-state index contributed by atoms with van der Waals surface area (Å²) in [5, 5.41) is 11.9. The summed E-state index contributed by atoms with van der Waals surface area (Å²) >= 11 is 0. The van der Waals surface area contributed by atoms with Crippen molar-refractivity contribution in [1.29, 1.82) is 0 Å². The Hall–Kier alpha value is -2.08. The Labute approximate surface area is 146 Å². The molecule has 0 amide bonds. The molecule has 1 atom stereocenters. The van der Waals surface area contributed by atoms with Crippen molar-refractivity contribution in [3.63, 3.8) is 0 Å². The van der Waals surface area contributed by atoms with Crippen LogP contribution in [0, 0.1) is 11.8 Å². The van der Waals surface area contributed by atoms with E-state index in [1.165, 1.54) is 24.3 Å². The lowest BCUT2D eigenvalue weighted by Crippen LogP contribution is -2.23. The predicted octanol–water partition coefficient (Wildman–Crippen LogP) is 5.59. The first-order chi connectivity index (χ1) is 11.8. The van der Waals surface area contributed by atoms with Gasteiger partial charge < -0.3 is 5.21 Å². The monoisotopic (exact) mass is 321 g/mol. The van der Waals surface area contributed by atoms with Gasteiger partial charge in [0.1, 0.15) is 6.04 Å². The topological polar surface area (TPSA) is 23.5 Å². The third-order valence-corrected chi connectivity index (χ3v) is 3.99. The average molecular weight is 321 g/mol. The van der Waals surface area contributed by atoms with Gasteiger partial charge in [-0.15, -0.1) is 5.92 Å². The fraction of sp³-hybridized carbons (Fsp3) is 0.364. The molecule has 0 radical (unpaired) electrons. The number of hydroxylamine groups is 2. The zero-order valence-corrected chi connectivity index (χ0v) is 14.5. The second-order valence-corrected chi connectivity index (χ2v) is 6.03. The number of rotatable bonds is 8. The van der Waals surface area contributed by atoms with Crippen molar-refractivity contribution in [2.24, 2.45) is 0 Å². The molecule has 0 aliphatic heterocycles. The molecule has 0 aliphatic rings. The smallest absolute Gasteiger partial charge is 0.121 e. The van der Waals surface area contributed by atoms with E-state index in [1.807, 2.05) is 60.7 Å². The van der Waals surface area contributed by atoms with Gasteiger partial charge in [0.05, 0.1) is 6.54 Å². The standard InChI is InChI=1S/C22H27NO/c1-2-3-4-5-6-13-18-22(21-16-11-8-12-17-21)23(24)19-20-14-9-7-10-15-20/h7-12,14-17,22,24H,2-6,19H2,1H3. The van der Waals surface area contributed by atoms with Crippen molar-refractivity contribution >= 4 is 0 Å². The van der Waals surface area contributed by atoms with Crippen molar-refractivity contribution in [2.75, 3.05) is 0 Å².